The van der Waals surface area contributed by atoms with Crippen molar-refractivity contribution in [2.75, 3.05) is 11.9 Å². The molecule has 0 aromatic carbocycles. The maximum Gasteiger partial charge on any atom is 0.322 e. The molecule has 0 fully saturated rings. The number of halogens is 1. The van der Waals surface area contributed by atoms with Crippen LogP contribution < -0.4 is 10.1 Å². The summed E-state index contributed by atoms with van der Waals surface area (Å²) in [6.45, 7) is 6.81. The van der Waals surface area contributed by atoms with Gasteiger partial charge in [0.25, 0.3) is 0 Å². The Morgan fingerprint density at radius 2 is 2.15 bits per heavy atom. The van der Waals surface area contributed by atoms with Crippen molar-refractivity contribution >= 4 is 33.2 Å². The fourth-order valence-electron chi connectivity index (χ4n) is 1.49. The summed E-state index contributed by atoms with van der Waals surface area (Å²) in [4.78, 5) is 14.1. The van der Waals surface area contributed by atoms with Crippen molar-refractivity contribution in [3.63, 3.8) is 0 Å². The predicted molar refractivity (Wildman–Crippen MR) is 85.4 cm³/mol. The number of anilines is 1. The third kappa shape index (κ3) is 3.89. The van der Waals surface area contributed by atoms with Crippen molar-refractivity contribution in [3.8, 4) is 16.7 Å². The number of aromatic nitrogens is 3. The average Bonchev–Trinajstić information content (AvgIpc) is 2.81. The highest BCUT2D eigenvalue weighted by Crippen LogP contribution is 2.32. The van der Waals surface area contributed by atoms with Gasteiger partial charge in [-0.15, -0.1) is 11.3 Å². The number of thiophene rings is 1. The van der Waals surface area contributed by atoms with Gasteiger partial charge in [-0.2, -0.15) is 15.0 Å². The molecule has 0 unspecified atom stereocenters. The zero-order valence-electron chi connectivity index (χ0n) is 11.7. The van der Waals surface area contributed by atoms with Crippen molar-refractivity contribution in [1.82, 2.24) is 15.0 Å². The second-order valence-corrected chi connectivity index (χ2v) is 6.23. The smallest absolute Gasteiger partial charge is 0.322 e. The highest BCUT2D eigenvalue weighted by atomic mass is 79.9. The van der Waals surface area contributed by atoms with Crippen LogP contribution in [0.1, 0.15) is 27.2 Å². The van der Waals surface area contributed by atoms with E-state index in [4.69, 9.17) is 4.74 Å². The Kier molecular flexibility index (Phi) is 5.31. The zero-order valence-corrected chi connectivity index (χ0v) is 14.1. The molecule has 0 saturated carbocycles. The summed E-state index contributed by atoms with van der Waals surface area (Å²) >= 11 is 5.08. The van der Waals surface area contributed by atoms with Crippen LogP contribution in [-0.2, 0) is 0 Å². The molecule has 20 heavy (non-hydrogen) atoms. The van der Waals surface area contributed by atoms with E-state index in [0.29, 0.717) is 17.8 Å². The number of ether oxygens (including phenoxy) is 1. The van der Waals surface area contributed by atoms with Gasteiger partial charge in [-0.25, -0.2) is 0 Å². The molecule has 0 aliphatic rings. The van der Waals surface area contributed by atoms with Crippen LogP contribution in [0.15, 0.2) is 15.9 Å². The Balaban J connectivity index is 2.37. The molecular weight excluding hydrogens is 340 g/mol. The predicted octanol–water partition coefficient (Wildman–Crippen LogP) is 3.97. The molecule has 2 aromatic rings. The van der Waals surface area contributed by atoms with Gasteiger partial charge in [-0.05, 0) is 47.6 Å². The number of nitrogens with one attached hydrogen (secondary N) is 1. The summed E-state index contributed by atoms with van der Waals surface area (Å²) in [7, 11) is 0. The molecule has 2 aromatic heterocycles. The minimum atomic E-state index is 0.0241. The first-order chi connectivity index (χ1) is 9.60. The lowest BCUT2D eigenvalue weighted by molar-refractivity contribution is 0.222. The summed E-state index contributed by atoms with van der Waals surface area (Å²) in [5, 5.41) is 5.17. The van der Waals surface area contributed by atoms with E-state index in [2.05, 4.69) is 43.1 Å². The minimum Gasteiger partial charge on any atom is -0.461 e. The second-order valence-electron chi connectivity index (χ2n) is 4.46. The largest absolute Gasteiger partial charge is 0.461 e. The van der Waals surface area contributed by atoms with Crippen LogP contribution in [0.25, 0.3) is 10.7 Å². The van der Waals surface area contributed by atoms with E-state index in [1.54, 1.807) is 11.3 Å². The highest BCUT2D eigenvalue weighted by molar-refractivity contribution is 9.10. The molecule has 0 radical (unpaired) electrons. The van der Waals surface area contributed by atoms with Crippen molar-refractivity contribution in [2.45, 2.75) is 33.3 Å². The fraction of sp³-hybridized carbons (Fsp3) is 0.462. The Morgan fingerprint density at radius 3 is 2.75 bits per heavy atom. The molecule has 108 valence electrons. The van der Waals surface area contributed by atoms with Crippen LogP contribution in [-0.4, -0.2) is 27.6 Å². The summed E-state index contributed by atoms with van der Waals surface area (Å²) < 4.78 is 6.58. The van der Waals surface area contributed by atoms with Gasteiger partial charge in [0.1, 0.15) is 0 Å². The lowest BCUT2D eigenvalue weighted by atomic mass is 10.4. The number of nitrogens with zero attached hydrogens (tertiary/aromatic N) is 3. The second kappa shape index (κ2) is 6.99. The Hall–Kier alpha value is -1.21. The molecule has 0 bridgehead atoms. The first-order valence-corrected chi connectivity index (χ1v) is 8.17. The van der Waals surface area contributed by atoms with Crippen molar-refractivity contribution in [2.24, 2.45) is 0 Å². The van der Waals surface area contributed by atoms with Gasteiger partial charge in [0.05, 0.1) is 11.0 Å². The third-order valence-electron chi connectivity index (χ3n) is 2.31. The van der Waals surface area contributed by atoms with Crippen molar-refractivity contribution < 1.29 is 4.74 Å². The topological polar surface area (TPSA) is 59.9 Å². The molecule has 2 rings (SSSR count). The summed E-state index contributed by atoms with van der Waals surface area (Å²) in [5.74, 6) is 1.17. The first kappa shape index (κ1) is 15.2. The Labute approximate surface area is 131 Å². The van der Waals surface area contributed by atoms with E-state index < -0.39 is 0 Å². The standard InChI is InChI=1S/C13H17BrN4OS/c1-4-6-15-12-16-11(10-9(14)5-7-20-10)17-13(18-12)19-8(2)3/h5,7-8H,4,6H2,1-3H3,(H,15,16,17,18). The highest BCUT2D eigenvalue weighted by Gasteiger charge is 2.13. The van der Waals surface area contributed by atoms with Crippen LogP contribution in [0, 0.1) is 0 Å². The molecule has 1 N–H and O–H groups in total. The fourth-order valence-corrected chi connectivity index (χ4v) is 2.97. The van der Waals surface area contributed by atoms with Gasteiger partial charge in [-0.3, -0.25) is 0 Å². The van der Waals surface area contributed by atoms with E-state index in [1.807, 2.05) is 25.3 Å². The van der Waals surface area contributed by atoms with Crippen LogP contribution >= 0.6 is 27.3 Å². The molecule has 0 atom stereocenters. The Bertz CT molecular complexity index is 573. The molecule has 2 heterocycles. The van der Waals surface area contributed by atoms with Crippen LogP contribution in [0.2, 0.25) is 0 Å². The lowest BCUT2D eigenvalue weighted by Gasteiger charge is -2.10. The SMILES string of the molecule is CCCNc1nc(OC(C)C)nc(-c2sccc2Br)n1. The van der Waals surface area contributed by atoms with Gasteiger partial charge in [0.2, 0.25) is 5.95 Å². The minimum absolute atomic E-state index is 0.0241. The van der Waals surface area contributed by atoms with E-state index in [9.17, 15) is 0 Å². The van der Waals surface area contributed by atoms with Crippen LogP contribution in [0.5, 0.6) is 6.01 Å². The molecule has 0 amide bonds. The zero-order chi connectivity index (χ0) is 14.5. The van der Waals surface area contributed by atoms with Crippen molar-refractivity contribution in [1.29, 1.82) is 0 Å². The maximum atomic E-state index is 5.60. The van der Waals surface area contributed by atoms with Gasteiger partial charge in [0.15, 0.2) is 5.82 Å². The average molecular weight is 357 g/mol. The molecule has 0 aliphatic carbocycles. The van der Waals surface area contributed by atoms with E-state index >= 15 is 0 Å². The van der Waals surface area contributed by atoms with Crippen LogP contribution in [0.4, 0.5) is 5.95 Å². The van der Waals surface area contributed by atoms with E-state index in [-0.39, 0.29) is 6.10 Å². The van der Waals surface area contributed by atoms with Gasteiger partial charge >= 0.3 is 6.01 Å². The Morgan fingerprint density at radius 1 is 1.35 bits per heavy atom. The monoisotopic (exact) mass is 356 g/mol. The van der Waals surface area contributed by atoms with Gasteiger partial charge in [-0.1, -0.05) is 6.92 Å². The molecule has 0 aliphatic heterocycles. The normalized spacial score (nSPS) is 10.8. The molecule has 5 nitrogen and oxygen atoms in total. The van der Waals surface area contributed by atoms with Gasteiger partial charge in [0, 0.05) is 11.0 Å². The molecular formula is C13H17BrN4OS. The van der Waals surface area contributed by atoms with E-state index in [1.165, 1.54) is 0 Å². The van der Waals surface area contributed by atoms with Crippen LogP contribution in [0.3, 0.4) is 0 Å². The quantitative estimate of drug-likeness (QED) is 0.848. The molecule has 0 spiro atoms. The van der Waals surface area contributed by atoms with E-state index in [0.717, 1.165) is 22.3 Å². The van der Waals surface area contributed by atoms with Crippen molar-refractivity contribution in [3.05, 3.63) is 15.9 Å². The number of hydrogen-bond acceptors (Lipinski definition) is 6. The number of hydrogen-bond donors (Lipinski definition) is 1. The summed E-state index contributed by atoms with van der Waals surface area (Å²) in [5.41, 5.74) is 0. The first-order valence-electron chi connectivity index (χ1n) is 6.50. The summed E-state index contributed by atoms with van der Waals surface area (Å²) in [6.07, 6.45) is 1.03. The lowest BCUT2D eigenvalue weighted by Crippen LogP contribution is -2.12. The van der Waals surface area contributed by atoms with Gasteiger partial charge < -0.3 is 10.1 Å². The molecule has 0 saturated heterocycles. The third-order valence-corrected chi connectivity index (χ3v) is 4.14. The summed E-state index contributed by atoms with van der Waals surface area (Å²) in [6, 6.07) is 2.33. The molecule has 7 heteroatoms. The maximum absolute atomic E-state index is 5.60. The number of rotatable bonds is 6.